The Morgan fingerprint density at radius 1 is 1.60 bits per heavy atom. The van der Waals surface area contributed by atoms with Gasteiger partial charge in [0.15, 0.2) is 0 Å². The van der Waals surface area contributed by atoms with Crippen LogP contribution < -0.4 is 0 Å². The van der Waals surface area contributed by atoms with Crippen LogP contribution >= 0.6 is 0 Å². The van der Waals surface area contributed by atoms with Crippen molar-refractivity contribution in [1.29, 1.82) is 0 Å². The minimum absolute atomic E-state index is 0.783. The maximum absolute atomic E-state index is 5.43. The molecule has 0 aromatic carbocycles. The first kappa shape index (κ1) is 5.78. The summed E-state index contributed by atoms with van der Waals surface area (Å²) in [4.78, 5) is 0. The molecule has 1 heterocycles. The first-order chi connectivity index (χ1) is 4.92. The van der Waals surface area contributed by atoms with E-state index in [0.29, 0.717) is 0 Å². The molecule has 0 spiro atoms. The minimum Gasteiger partial charge on any atom is -0.493 e. The zero-order chi connectivity index (χ0) is 6.97. The SMILES string of the molecule is CCC1=C2C=CC=C2CO1. The molecule has 10 heavy (non-hydrogen) atoms. The number of hydrogen-bond donors (Lipinski definition) is 0. The Hall–Kier alpha value is -0.980. The zero-order valence-electron chi connectivity index (χ0n) is 6.05. The van der Waals surface area contributed by atoms with E-state index in [-0.39, 0.29) is 0 Å². The molecule has 0 atom stereocenters. The summed E-state index contributed by atoms with van der Waals surface area (Å²) in [6.45, 7) is 2.91. The second-order valence-corrected chi connectivity index (χ2v) is 2.53. The maximum Gasteiger partial charge on any atom is 0.114 e. The third-order valence-corrected chi connectivity index (χ3v) is 1.93. The summed E-state index contributed by atoms with van der Waals surface area (Å²) in [5.41, 5.74) is 2.67. The van der Waals surface area contributed by atoms with Crippen LogP contribution in [0.5, 0.6) is 0 Å². The number of allylic oxidation sites excluding steroid dienone is 4. The molecule has 0 aromatic heterocycles. The Morgan fingerprint density at radius 3 is 3.30 bits per heavy atom. The average molecular weight is 134 g/mol. The van der Waals surface area contributed by atoms with Gasteiger partial charge in [-0.1, -0.05) is 25.2 Å². The predicted octanol–water partition coefficient (Wildman–Crippen LogP) is 2.18. The average Bonchev–Trinajstić information content (AvgIpc) is 2.44. The summed E-state index contributed by atoms with van der Waals surface area (Å²) < 4.78 is 5.43. The number of fused-ring (bicyclic) bond motifs is 1. The van der Waals surface area contributed by atoms with Crippen LogP contribution in [-0.4, -0.2) is 6.61 Å². The third-order valence-electron chi connectivity index (χ3n) is 1.93. The van der Waals surface area contributed by atoms with E-state index >= 15 is 0 Å². The lowest BCUT2D eigenvalue weighted by atomic mass is 10.1. The Kier molecular flexibility index (Phi) is 1.16. The van der Waals surface area contributed by atoms with Crippen molar-refractivity contribution in [1.82, 2.24) is 0 Å². The fourth-order valence-corrected chi connectivity index (χ4v) is 1.39. The molecule has 0 amide bonds. The molecular weight excluding hydrogens is 124 g/mol. The lowest BCUT2D eigenvalue weighted by molar-refractivity contribution is 0.252. The second kappa shape index (κ2) is 2.01. The van der Waals surface area contributed by atoms with Crippen molar-refractivity contribution < 1.29 is 4.74 Å². The monoisotopic (exact) mass is 134 g/mol. The highest BCUT2D eigenvalue weighted by atomic mass is 16.5. The molecule has 1 aliphatic carbocycles. The molecule has 2 rings (SSSR count). The van der Waals surface area contributed by atoms with Gasteiger partial charge in [0.05, 0.1) is 0 Å². The van der Waals surface area contributed by atoms with Gasteiger partial charge < -0.3 is 4.74 Å². The summed E-state index contributed by atoms with van der Waals surface area (Å²) in [6.07, 6.45) is 7.35. The van der Waals surface area contributed by atoms with E-state index in [1.54, 1.807) is 0 Å². The van der Waals surface area contributed by atoms with Gasteiger partial charge >= 0.3 is 0 Å². The van der Waals surface area contributed by atoms with Gasteiger partial charge in [0.25, 0.3) is 0 Å². The Bertz CT molecular complexity index is 243. The van der Waals surface area contributed by atoms with Crippen molar-refractivity contribution in [3.63, 3.8) is 0 Å². The molecule has 0 saturated heterocycles. The first-order valence-electron chi connectivity index (χ1n) is 3.65. The van der Waals surface area contributed by atoms with Crippen LogP contribution in [0.1, 0.15) is 13.3 Å². The fourth-order valence-electron chi connectivity index (χ4n) is 1.39. The molecule has 0 aromatic rings. The molecule has 52 valence electrons. The summed E-state index contributed by atoms with van der Waals surface area (Å²) >= 11 is 0. The van der Waals surface area contributed by atoms with Crippen molar-refractivity contribution in [2.75, 3.05) is 6.61 Å². The van der Waals surface area contributed by atoms with E-state index in [0.717, 1.165) is 18.8 Å². The molecule has 0 fully saturated rings. The number of ether oxygens (including phenoxy) is 1. The van der Waals surface area contributed by atoms with Crippen LogP contribution in [0.4, 0.5) is 0 Å². The van der Waals surface area contributed by atoms with Crippen LogP contribution in [0, 0.1) is 0 Å². The minimum atomic E-state index is 0.783. The topological polar surface area (TPSA) is 9.23 Å². The molecule has 0 radical (unpaired) electrons. The Morgan fingerprint density at radius 2 is 2.50 bits per heavy atom. The summed E-state index contributed by atoms with van der Waals surface area (Å²) in [6, 6.07) is 0. The van der Waals surface area contributed by atoms with Crippen molar-refractivity contribution in [3.8, 4) is 0 Å². The van der Waals surface area contributed by atoms with Gasteiger partial charge in [-0.3, -0.25) is 0 Å². The third kappa shape index (κ3) is 0.635. The molecule has 0 saturated carbocycles. The van der Waals surface area contributed by atoms with Crippen molar-refractivity contribution in [2.45, 2.75) is 13.3 Å². The highest BCUT2D eigenvalue weighted by molar-refractivity contribution is 5.52. The first-order valence-corrected chi connectivity index (χ1v) is 3.65. The van der Waals surface area contributed by atoms with E-state index in [9.17, 15) is 0 Å². The van der Waals surface area contributed by atoms with E-state index in [4.69, 9.17) is 4.74 Å². The van der Waals surface area contributed by atoms with Gasteiger partial charge in [-0.2, -0.15) is 0 Å². The van der Waals surface area contributed by atoms with Crippen molar-refractivity contribution >= 4 is 0 Å². The van der Waals surface area contributed by atoms with Crippen LogP contribution in [-0.2, 0) is 4.74 Å². The standard InChI is InChI=1S/C9H10O/c1-2-9-8-5-3-4-7(8)6-10-9/h3-5H,2,6H2,1H3. The Balaban J connectivity index is 2.41. The van der Waals surface area contributed by atoms with Gasteiger partial charge in [-0.05, 0) is 5.57 Å². The second-order valence-electron chi connectivity index (χ2n) is 2.53. The molecular formula is C9H10O. The van der Waals surface area contributed by atoms with Crippen molar-refractivity contribution in [2.24, 2.45) is 0 Å². The van der Waals surface area contributed by atoms with Gasteiger partial charge in [0.2, 0.25) is 0 Å². The zero-order valence-corrected chi connectivity index (χ0v) is 6.05. The van der Waals surface area contributed by atoms with E-state index in [1.165, 1.54) is 11.1 Å². The number of rotatable bonds is 1. The molecule has 0 unspecified atom stereocenters. The maximum atomic E-state index is 5.43. The molecule has 1 aliphatic heterocycles. The summed E-state index contributed by atoms with van der Waals surface area (Å²) in [5, 5.41) is 0. The largest absolute Gasteiger partial charge is 0.493 e. The summed E-state index contributed by atoms with van der Waals surface area (Å²) in [5.74, 6) is 1.15. The molecule has 0 bridgehead atoms. The van der Waals surface area contributed by atoms with Crippen LogP contribution in [0.2, 0.25) is 0 Å². The Labute approximate surface area is 60.7 Å². The van der Waals surface area contributed by atoms with Crippen LogP contribution in [0.25, 0.3) is 0 Å². The molecule has 0 N–H and O–H groups in total. The lowest BCUT2D eigenvalue weighted by Gasteiger charge is -1.97. The van der Waals surface area contributed by atoms with Crippen LogP contribution in [0.15, 0.2) is 35.1 Å². The predicted molar refractivity (Wildman–Crippen MR) is 40.5 cm³/mol. The summed E-state index contributed by atoms with van der Waals surface area (Å²) in [7, 11) is 0. The van der Waals surface area contributed by atoms with Gasteiger partial charge in [-0.25, -0.2) is 0 Å². The highest BCUT2D eigenvalue weighted by Crippen LogP contribution is 2.30. The smallest absolute Gasteiger partial charge is 0.114 e. The molecule has 2 aliphatic rings. The van der Waals surface area contributed by atoms with Gasteiger partial charge in [0.1, 0.15) is 12.4 Å². The van der Waals surface area contributed by atoms with E-state index < -0.39 is 0 Å². The lowest BCUT2D eigenvalue weighted by Crippen LogP contribution is -1.83. The van der Waals surface area contributed by atoms with Crippen LogP contribution in [0.3, 0.4) is 0 Å². The fraction of sp³-hybridized carbons (Fsp3) is 0.333. The van der Waals surface area contributed by atoms with E-state index in [1.807, 2.05) is 0 Å². The molecule has 1 heteroatoms. The molecule has 1 nitrogen and oxygen atoms in total. The number of hydrogen-bond acceptors (Lipinski definition) is 1. The quantitative estimate of drug-likeness (QED) is 0.534. The van der Waals surface area contributed by atoms with E-state index in [2.05, 4.69) is 25.2 Å². The normalized spacial score (nSPS) is 21.1. The van der Waals surface area contributed by atoms with Gasteiger partial charge in [-0.15, -0.1) is 0 Å². The van der Waals surface area contributed by atoms with Gasteiger partial charge in [0, 0.05) is 12.0 Å². The highest BCUT2D eigenvalue weighted by Gasteiger charge is 2.19. The van der Waals surface area contributed by atoms with Crippen molar-refractivity contribution in [3.05, 3.63) is 35.1 Å².